The maximum atomic E-state index is 13.6. The lowest BCUT2D eigenvalue weighted by Gasteiger charge is -2.25. The molecule has 4 aromatic rings. The Morgan fingerprint density at radius 1 is 1.00 bits per heavy atom. The fourth-order valence-corrected chi connectivity index (χ4v) is 4.54. The summed E-state index contributed by atoms with van der Waals surface area (Å²) in [4.78, 5) is 20.6. The van der Waals surface area contributed by atoms with E-state index >= 15 is 0 Å². The predicted molar refractivity (Wildman–Crippen MR) is 140 cm³/mol. The summed E-state index contributed by atoms with van der Waals surface area (Å²) in [6, 6.07) is 21.9. The molecule has 6 nitrogen and oxygen atoms in total. The van der Waals surface area contributed by atoms with Gasteiger partial charge in [0.25, 0.3) is 5.91 Å². The van der Waals surface area contributed by atoms with Crippen molar-refractivity contribution in [3.63, 3.8) is 0 Å². The number of carbonyl (C=O) groups is 1. The van der Waals surface area contributed by atoms with E-state index in [9.17, 15) is 4.79 Å². The van der Waals surface area contributed by atoms with Gasteiger partial charge in [0.05, 0.1) is 11.2 Å². The zero-order valence-electron chi connectivity index (χ0n) is 20.9. The Kier molecular flexibility index (Phi) is 6.87. The molecule has 2 heterocycles. The number of pyridine rings is 1. The summed E-state index contributed by atoms with van der Waals surface area (Å²) in [5.74, 6) is 1.41. The number of rotatable bonds is 8. The Bertz CT molecular complexity index is 1400. The van der Waals surface area contributed by atoms with Crippen LogP contribution in [0.1, 0.15) is 33.5 Å². The molecule has 1 amide bonds. The molecule has 0 spiro atoms. The van der Waals surface area contributed by atoms with Crippen LogP contribution in [0.3, 0.4) is 0 Å². The van der Waals surface area contributed by atoms with Crippen molar-refractivity contribution in [2.45, 2.75) is 26.8 Å². The van der Waals surface area contributed by atoms with Crippen LogP contribution in [0.25, 0.3) is 22.2 Å². The number of amides is 1. The van der Waals surface area contributed by atoms with Gasteiger partial charge in [0, 0.05) is 49.4 Å². The summed E-state index contributed by atoms with van der Waals surface area (Å²) in [7, 11) is 1.68. The van der Waals surface area contributed by atoms with Crippen molar-refractivity contribution in [3.05, 3.63) is 89.0 Å². The summed E-state index contributed by atoms with van der Waals surface area (Å²) < 4.78 is 16.5. The van der Waals surface area contributed by atoms with E-state index in [4.69, 9.17) is 19.2 Å². The highest BCUT2D eigenvalue weighted by Crippen LogP contribution is 2.38. The molecule has 0 atom stereocenters. The van der Waals surface area contributed by atoms with Gasteiger partial charge in [-0.3, -0.25) is 4.79 Å². The van der Waals surface area contributed by atoms with Crippen molar-refractivity contribution >= 4 is 16.8 Å². The van der Waals surface area contributed by atoms with Crippen LogP contribution < -0.4 is 9.47 Å². The van der Waals surface area contributed by atoms with E-state index < -0.39 is 0 Å². The molecule has 0 aliphatic carbocycles. The smallest absolute Gasteiger partial charge is 0.254 e. The van der Waals surface area contributed by atoms with Crippen LogP contribution in [0.15, 0.2) is 66.7 Å². The summed E-state index contributed by atoms with van der Waals surface area (Å²) in [5.41, 5.74) is 6.65. The minimum Gasteiger partial charge on any atom is -0.454 e. The first-order chi connectivity index (χ1) is 17.5. The number of ether oxygens (including phenoxy) is 3. The molecule has 0 saturated carbocycles. The lowest BCUT2D eigenvalue weighted by Crippen LogP contribution is -2.32. The van der Waals surface area contributed by atoms with Crippen LogP contribution in [0.5, 0.6) is 11.5 Å². The zero-order chi connectivity index (χ0) is 25.1. The Hall–Kier alpha value is -3.90. The normalized spacial score (nSPS) is 12.2. The number of carbonyl (C=O) groups excluding carboxylic acids is 1. The van der Waals surface area contributed by atoms with Gasteiger partial charge in [-0.25, -0.2) is 4.98 Å². The largest absolute Gasteiger partial charge is 0.454 e. The van der Waals surface area contributed by atoms with E-state index in [-0.39, 0.29) is 12.7 Å². The predicted octanol–water partition coefficient (Wildman–Crippen LogP) is 5.93. The van der Waals surface area contributed by atoms with Crippen molar-refractivity contribution < 1.29 is 19.0 Å². The molecule has 3 aromatic carbocycles. The second-order valence-corrected chi connectivity index (χ2v) is 9.15. The number of nitrogens with zero attached hydrogens (tertiary/aromatic N) is 2. The SMILES string of the molecule is COCCCN(Cc1cc2cc3c(cc2nc1-c1ccccc1C)OCO3)C(=O)c1ccc(C)cc1. The van der Waals surface area contributed by atoms with Crippen LogP contribution in [0.2, 0.25) is 0 Å². The Balaban J connectivity index is 1.59. The third kappa shape index (κ3) is 4.90. The molecule has 1 aliphatic heterocycles. The molecule has 36 heavy (non-hydrogen) atoms. The summed E-state index contributed by atoms with van der Waals surface area (Å²) in [5, 5.41) is 0.950. The molecule has 184 valence electrons. The first-order valence-corrected chi connectivity index (χ1v) is 12.2. The van der Waals surface area contributed by atoms with Gasteiger partial charge in [-0.15, -0.1) is 0 Å². The molecule has 0 N–H and O–H groups in total. The number of hydrogen-bond donors (Lipinski definition) is 0. The minimum atomic E-state index is -0.00683. The van der Waals surface area contributed by atoms with E-state index in [0.29, 0.717) is 36.8 Å². The Labute approximate surface area is 211 Å². The van der Waals surface area contributed by atoms with Gasteiger partial charge >= 0.3 is 0 Å². The third-order valence-corrected chi connectivity index (χ3v) is 6.51. The average molecular weight is 483 g/mol. The lowest BCUT2D eigenvalue weighted by atomic mass is 9.98. The number of methoxy groups -OCH3 is 1. The number of benzene rings is 3. The molecular formula is C30H30N2O4. The van der Waals surface area contributed by atoms with Gasteiger partial charge in [-0.05, 0) is 55.7 Å². The maximum absolute atomic E-state index is 13.6. The number of aromatic nitrogens is 1. The summed E-state index contributed by atoms with van der Waals surface area (Å²) in [6.45, 7) is 5.90. The second kappa shape index (κ2) is 10.4. The zero-order valence-corrected chi connectivity index (χ0v) is 20.9. The molecule has 1 aromatic heterocycles. The van der Waals surface area contributed by atoms with E-state index in [2.05, 4.69) is 25.1 Å². The Morgan fingerprint density at radius 2 is 1.75 bits per heavy atom. The van der Waals surface area contributed by atoms with Crippen molar-refractivity contribution in [2.24, 2.45) is 0 Å². The molecular weight excluding hydrogens is 452 g/mol. The van der Waals surface area contributed by atoms with Crippen molar-refractivity contribution in [1.29, 1.82) is 0 Å². The van der Waals surface area contributed by atoms with Gasteiger partial charge < -0.3 is 19.1 Å². The van der Waals surface area contributed by atoms with Gasteiger partial charge in [0.2, 0.25) is 6.79 Å². The van der Waals surface area contributed by atoms with Gasteiger partial charge in [-0.2, -0.15) is 0 Å². The molecule has 0 bridgehead atoms. The van der Waals surface area contributed by atoms with Crippen LogP contribution in [0.4, 0.5) is 0 Å². The van der Waals surface area contributed by atoms with Gasteiger partial charge in [0.15, 0.2) is 11.5 Å². The standard InChI is InChI=1S/C30H30N2O4/c1-20-9-11-22(12-10-20)30(33)32(13-6-14-34-3)18-24-15-23-16-27-28(36-19-35-27)17-26(23)31-29(24)25-8-5-4-7-21(25)2/h4-5,7-12,15-17H,6,13-14,18-19H2,1-3H3. The quantitative estimate of drug-likeness (QED) is 0.292. The van der Waals surface area contributed by atoms with E-state index in [1.54, 1.807) is 7.11 Å². The lowest BCUT2D eigenvalue weighted by molar-refractivity contribution is 0.0724. The highest BCUT2D eigenvalue weighted by molar-refractivity contribution is 5.94. The van der Waals surface area contributed by atoms with Crippen LogP contribution in [-0.4, -0.2) is 42.8 Å². The summed E-state index contributed by atoms with van der Waals surface area (Å²) >= 11 is 0. The van der Waals surface area contributed by atoms with E-state index in [1.807, 2.05) is 60.4 Å². The molecule has 5 rings (SSSR count). The van der Waals surface area contributed by atoms with Gasteiger partial charge in [-0.1, -0.05) is 42.0 Å². The number of fused-ring (bicyclic) bond motifs is 2. The third-order valence-electron chi connectivity index (χ3n) is 6.51. The van der Waals surface area contributed by atoms with Crippen LogP contribution >= 0.6 is 0 Å². The van der Waals surface area contributed by atoms with Crippen molar-refractivity contribution in [3.8, 4) is 22.8 Å². The molecule has 0 unspecified atom stereocenters. The fraction of sp³-hybridized carbons (Fsp3) is 0.267. The molecule has 1 aliphatic rings. The first-order valence-electron chi connectivity index (χ1n) is 12.2. The topological polar surface area (TPSA) is 60.9 Å². The molecule has 0 radical (unpaired) electrons. The maximum Gasteiger partial charge on any atom is 0.254 e. The minimum absolute atomic E-state index is 0.00683. The molecule has 0 fully saturated rings. The average Bonchev–Trinajstić information content (AvgIpc) is 3.34. The first kappa shape index (κ1) is 23.8. The fourth-order valence-electron chi connectivity index (χ4n) is 4.54. The van der Waals surface area contributed by atoms with Gasteiger partial charge in [0.1, 0.15) is 0 Å². The molecule has 6 heteroatoms. The molecule has 0 saturated heterocycles. The van der Waals surface area contributed by atoms with Crippen LogP contribution in [0, 0.1) is 13.8 Å². The monoisotopic (exact) mass is 482 g/mol. The number of hydrogen-bond acceptors (Lipinski definition) is 5. The number of aryl methyl sites for hydroxylation is 2. The van der Waals surface area contributed by atoms with E-state index in [0.717, 1.165) is 45.3 Å². The summed E-state index contributed by atoms with van der Waals surface area (Å²) in [6.07, 6.45) is 0.744. The highest BCUT2D eigenvalue weighted by atomic mass is 16.7. The van der Waals surface area contributed by atoms with Crippen molar-refractivity contribution in [2.75, 3.05) is 27.1 Å². The van der Waals surface area contributed by atoms with Crippen molar-refractivity contribution in [1.82, 2.24) is 9.88 Å². The Morgan fingerprint density at radius 3 is 2.50 bits per heavy atom. The van der Waals surface area contributed by atoms with E-state index in [1.165, 1.54) is 0 Å². The highest BCUT2D eigenvalue weighted by Gasteiger charge is 2.21. The second-order valence-electron chi connectivity index (χ2n) is 9.15. The van der Waals surface area contributed by atoms with Crippen LogP contribution in [-0.2, 0) is 11.3 Å².